The number of aryl methyl sites for hydroxylation is 1. The van der Waals surface area contributed by atoms with Crippen LogP contribution in [0, 0.1) is 12.3 Å². The predicted molar refractivity (Wildman–Crippen MR) is 110 cm³/mol. The summed E-state index contributed by atoms with van der Waals surface area (Å²) in [5, 5.41) is 0. The number of likely N-dealkylation sites (tertiary alicyclic amines) is 2. The molecule has 0 aromatic heterocycles. The summed E-state index contributed by atoms with van der Waals surface area (Å²) in [6.45, 7) is 4.33. The molecule has 0 radical (unpaired) electrons. The van der Waals surface area contributed by atoms with Gasteiger partial charge in [0.1, 0.15) is 0 Å². The van der Waals surface area contributed by atoms with Crippen molar-refractivity contribution in [2.75, 3.05) is 26.7 Å². The second-order valence-corrected chi connectivity index (χ2v) is 8.52. The van der Waals surface area contributed by atoms with Crippen LogP contribution in [0.2, 0.25) is 0 Å². The van der Waals surface area contributed by atoms with Crippen LogP contribution in [0.15, 0.2) is 54.6 Å². The average molecular weight is 377 g/mol. The molecule has 4 rings (SSSR count). The number of likely N-dealkylation sites (N-methyl/N-ethyl adjacent to an activating group) is 1. The molecule has 4 heteroatoms. The first-order valence-electron chi connectivity index (χ1n) is 10.1. The second kappa shape index (κ2) is 7.42. The Balaban J connectivity index is 1.48. The molecule has 2 heterocycles. The Kier molecular flexibility index (Phi) is 4.96. The van der Waals surface area contributed by atoms with Gasteiger partial charge in [-0.1, -0.05) is 48.0 Å². The fraction of sp³-hybridized carbons (Fsp3) is 0.417. The molecule has 28 heavy (non-hydrogen) atoms. The van der Waals surface area contributed by atoms with Crippen LogP contribution in [0.5, 0.6) is 0 Å². The maximum atomic E-state index is 12.9. The van der Waals surface area contributed by atoms with Crippen LogP contribution in [0.25, 0.3) is 0 Å². The zero-order valence-electron chi connectivity index (χ0n) is 16.7. The van der Waals surface area contributed by atoms with E-state index < -0.39 is 0 Å². The number of amides is 2. The van der Waals surface area contributed by atoms with Gasteiger partial charge >= 0.3 is 0 Å². The number of carbonyl (C=O) groups is 2. The smallest absolute Gasteiger partial charge is 0.253 e. The Morgan fingerprint density at radius 1 is 1.04 bits per heavy atom. The summed E-state index contributed by atoms with van der Waals surface area (Å²) in [6, 6.07) is 18.0. The highest BCUT2D eigenvalue weighted by atomic mass is 16.2. The van der Waals surface area contributed by atoms with Crippen molar-refractivity contribution in [3.8, 4) is 0 Å². The number of rotatable bonds is 2. The lowest BCUT2D eigenvalue weighted by molar-refractivity contribution is -0.139. The Morgan fingerprint density at radius 2 is 1.75 bits per heavy atom. The number of carbonyl (C=O) groups excluding carboxylic acids is 2. The molecule has 1 spiro atoms. The van der Waals surface area contributed by atoms with E-state index >= 15 is 0 Å². The number of piperidine rings is 2. The first kappa shape index (κ1) is 18.7. The fourth-order valence-corrected chi connectivity index (χ4v) is 4.88. The Labute approximate surface area is 167 Å². The number of benzene rings is 2. The molecule has 2 aliphatic heterocycles. The van der Waals surface area contributed by atoms with Gasteiger partial charge in [-0.25, -0.2) is 0 Å². The standard InChI is InChI=1S/C24H28N2O2/c1-18-7-6-10-20(15-18)22(27)26-13-11-24(12-14-26)16-21(23(28)25(2)17-24)19-8-4-3-5-9-19/h3-10,15,21H,11-14,16-17H2,1-2H3/t21-/m0/s1. The Bertz CT molecular complexity index is 869. The van der Waals surface area contributed by atoms with E-state index in [1.807, 2.05) is 66.2 Å². The van der Waals surface area contributed by atoms with Crippen molar-refractivity contribution < 1.29 is 9.59 Å². The number of hydrogen-bond acceptors (Lipinski definition) is 2. The van der Waals surface area contributed by atoms with Gasteiger partial charge in [-0.2, -0.15) is 0 Å². The largest absolute Gasteiger partial charge is 0.345 e. The van der Waals surface area contributed by atoms with E-state index in [1.165, 1.54) is 0 Å². The minimum atomic E-state index is -0.0704. The summed E-state index contributed by atoms with van der Waals surface area (Å²) < 4.78 is 0. The van der Waals surface area contributed by atoms with E-state index in [2.05, 4.69) is 12.1 Å². The molecule has 0 bridgehead atoms. The molecule has 2 amide bonds. The molecule has 4 nitrogen and oxygen atoms in total. The topological polar surface area (TPSA) is 40.6 Å². The monoisotopic (exact) mass is 376 g/mol. The highest BCUT2D eigenvalue weighted by Crippen LogP contribution is 2.45. The van der Waals surface area contributed by atoms with Crippen LogP contribution in [0.1, 0.15) is 46.7 Å². The second-order valence-electron chi connectivity index (χ2n) is 8.52. The molecule has 0 saturated carbocycles. The fourth-order valence-electron chi connectivity index (χ4n) is 4.88. The van der Waals surface area contributed by atoms with Crippen LogP contribution in [0.4, 0.5) is 0 Å². The van der Waals surface area contributed by atoms with Crippen LogP contribution >= 0.6 is 0 Å². The molecule has 0 aliphatic carbocycles. The van der Waals surface area contributed by atoms with Crippen molar-refractivity contribution >= 4 is 11.8 Å². The lowest BCUT2D eigenvalue weighted by Crippen LogP contribution is -2.53. The van der Waals surface area contributed by atoms with Crippen molar-refractivity contribution in [1.29, 1.82) is 0 Å². The van der Waals surface area contributed by atoms with E-state index in [0.717, 1.165) is 55.6 Å². The average Bonchev–Trinajstić information content (AvgIpc) is 2.71. The maximum absolute atomic E-state index is 12.9. The first-order chi connectivity index (χ1) is 13.5. The minimum absolute atomic E-state index is 0.0704. The third kappa shape index (κ3) is 3.56. The molecule has 2 aromatic rings. The van der Waals surface area contributed by atoms with Crippen molar-refractivity contribution in [2.24, 2.45) is 5.41 Å². The summed E-state index contributed by atoms with van der Waals surface area (Å²) >= 11 is 0. The van der Waals surface area contributed by atoms with Gasteiger partial charge in [0.25, 0.3) is 5.91 Å². The number of hydrogen-bond donors (Lipinski definition) is 0. The van der Waals surface area contributed by atoms with Gasteiger partial charge < -0.3 is 9.80 Å². The first-order valence-corrected chi connectivity index (χ1v) is 10.1. The Morgan fingerprint density at radius 3 is 2.43 bits per heavy atom. The van der Waals surface area contributed by atoms with Crippen molar-refractivity contribution in [2.45, 2.75) is 32.1 Å². The van der Waals surface area contributed by atoms with E-state index in [1.54, 1.807) is 0 Å². The van der Waals surface area contributed by atoms with Gasteiger partial charge in [0.05, 0.1) is 5.92 Å². The van der Waals surface area contributed by atoms with Gasteiger partial charge in [0.15, 0.2) is 0 Å². The molecule has 2 fully saturated rings. The minimum Gasteiger partial charge on any atom is -0.345 e. The quantitative estimate of drug-likeness (QED) is 0.798. The van der Waals surface area contributed by atoms with E-state index in [4.69, 9.17) is 0 Å². The highest BCUT2D eigenvalue weighted by Gasteiger charge is 2.45. The van der Waals surface area contributed by atoms with E-state index in [0.29, 0.717) is 0 Å². The zero-order valence-corrected chi connectivity index (χ0v) is 16.7. The zero-order chi connectivity index (χ0) is 19.7. The summed E-state index contributed by atoms with van der Waals surface area (Å²) in [7, 11) is 1.92. The molecule has 0 N–H and O–H groups in total. The van der Waals surface area contributed by atoms with Crippen LogP contribution in [-0.4, -0.2) is 48.3 Å². The van der Waals surface area contributed by atoms with Crippen molar-refractivity contribution in [3.05, 3.63) is 71.3 Å². The number of nitrogens with zero attached hydrogens (tertiary/aromatic N) is 2. The van der Waals surface area contributed by atoms with Gasteiger partial charge in [0, 0.05) is 32.2 Å². The van der Waals surface area contributed by atoms with Crippen molar-refractivity contribution in [3.63, 3.8) is 0 Å². The normalized spacial score (nSPS) is 21.8. The van der Waals surface area contributed by atoms with Gasteiger partial charge in [-0.3, -0.25) is 9.59 Å². The molecule has 2 aromatic carbocycles. The van der Waals surface area contributed by atoms with E-state index in [9.17, 15) is 9.59 Å². The predicted octanol–water partition coefficient (Wildman–Crippen LogP) is 3.86. The Hall–Kier alpha value is -2.62. The van der Waals surface area contributed by atoms with Crippen LogP contribution in [-0.2, 0) is 4.79 Å². The maximum Gasteiger partial charge on any atom is 0.253 e. The lowest BCUT2D eigenvalue weighted by Gasteiger charge is -2.49. The van der Waals surface area contributed by atoms with Gasteiger partial charge in [-0.05, 0) is 49.3 Å². The molecular formula is C24H28N2O2. The highest BCUT2D eigenvalue weighted by molar-refractivity contribution is 5.94. The molecule has 0 unspecified atom stereocenters. The molecule has 2 saturated heterocycles. The molecule has 1 atom stereocenters. The summed E-state index contributed by atoms with van der Waals surface area (Å²) in [5.74, 6) is 0.271. The molecule has 2 aliphatic rings. The van der Waals surface area contributed by atoms with Gasteiger partial charge in [-0.15, -0.1) is 0 Å². The molecule has 146 valence electrons. The SMILES string of the molecule is Cc1cccc(C(=O)N2CCC3(CC2)C[C@@H](c2ccccc2)C(=O)N(C)C3)c1. The van der Waals surface area contributed by atoms with Crippen molar-refractivity contribution in [1.82, 2.24) is 9.80 Å². The summed E-state index contributed by atoms with van der Waals surface area (Å²) in [6.07, 6.45) is 2.78. The van der Waals surface area contributed by atoms with Crippen LogP contribution in [0.3, 0.4) is 0 Å². The third-order valence-corrected chi connectivity index (χ3v) is 6.46. The lowest BCUT2D eigenvalue weighted by atomic mass is 9.67. The third-order valence-electron chi connectivity index (χ3n) is 6.46. The van der Waals surface area contributed by atoms with Gasteiger partial charge in [0.2, 0.25) is 5.91 Å². The van der Waals surface area contributed by atoms with Crippen LogP contribution < -0.4 is 0 Å². The molecular weight excluding hydrogens is 348 g/mol. The summed E-state index contributed by atoms with van der Waals surface area (Å²) in [4.78, 5) is 29.6. The van der Waals surface area contributed by atoms with E-state index in [-0.39, 0.29) is 23.1 Å². The summed E-state index contributed by atoms with van der Waals surface area (Å²) in [5.41, 5.74) is 3.09.